The molecule has 0 aromatic heterocycles. The maximum absolute atomic E-state index is 13.2. The van der Waals surface area contributed by atoms with Crippen LogP contribution >= 0.6 is 15.9 Å². The van der Waals surface area contributed by atoms with Gasteiger partial charge in [-0.25, -0.2) is 4.39 Å². The molecule has 0 aliphatic heterocycles. The standard InChI is InChI=1S/C16H17BrFN/c1-3-19-16(14-6-4-5-7-15(14)17)13-9-8-12(18)10-11(13)2/h4-10,16,19H,3H2,1-2H3. The summed E-state index contributed by atoms with van der Waals surface area (Å²) in [7, 11) is 0. The van der Waals surface area contributed by atoms with E-state index in [2.05, 4.69) is 34.2 Å². The molecular formula is C16H17BrFN. The van der Waals surface area contributed by atoms with Gasteiger partial charge in [0.1, 0.15) is 5.82 Å². The molecule has 1 atom stereocenters. The van der Waals surface area contributed by atoms with Gasteiger partial charge >= 0.3 is 0 Å². The second kappa shape index (κ2) is 6.31. The Morgan fingerprint density at radius 3 is 2.53 bits per heavy atom. The van der Waals surface area contributed by atoms with E-state index in [0.717, 1.165) is 22.1 Å². The maximum atomic E-state index is 13.2. The van der Waals surface area contributed by atoms with Gasteiger partial charge in [-0.05, 0) is 48.4 Å². The first-order valence-electron chi connectivity index (χ1n) is 6.37. The summed E-state index contributed by atoms with van der Waals surface area (Å²) in [5.41, 5.74) is 3.23. The minimum absolute atomic E-state index is 0.0705. The Bertz CT molecular complexity index is 568. The van der Waals surface area contributed by atoms with Crippen molar-refractivity contribution in [2.24, 2.45) is 0 Å². The average molecular weight is 322 g/mol. The summed E-state index contributed by atoms with van der Waals surface area (Å²) >= 11 is 3.59. The minimum Gasteiger partial charge on any atom is -0.306 e. The van der Waals surface area contributed by atoms with E-state index in [1.165, 1.54) is 11.6 Å². The summed E-state index contributed by atoms with van der Waals surface area (Å²) in [6, 6.07) is 13.1. The van der Waals surface area contributed by atoms with E-state index in [1.54, 1.807) is 6.07 Å². The highest BCUT2D eigenvalue weighted by Gasteiger charge is 2.17. The van der Waals surface area contributed by atoms with E-state index < -0.39 is 0 Å². The zero-order valence-electron chi connectivity index (χ0n) is 11.1. The van der Waals surface area contributed by atoms with Crippen LogP contribution in [0.2, 0.25) is 0 Å². The SMILES string of the molecule is CCNC(c1ccc(F)cc1C)c1ccccc1Br. The second-order valence-corrected chi connectivity index (χ2v) is 5.37. The van der Waals surface area contributed by atoms with Gasteiger partial charge in [-0.15, -0.1) is 0 Å². The Morgan fingerprint density at radius 1 is 1.16 bits per heavy atom. The molecule has 0 fully saturated rings. The van der Waals surface area contributed by atoms with E-state index in [4.69, 9.17) is 0 Å². The molecule has 0 saturated heterocycles. The van der Waals surface area contributed by atoms with Crippen molar-refractivity contribution in [3.63, 3.8) is 0 Å². The van der Waals surface area contributed by atoms with E-state index >= 15 is 0 Å². The van der Waals surface area contributed by atoms with Crippen molar-refractivity contribution in [2.75, 3.05) is 6.54 Å². The van der Waals surface area contributed by atoms with Gasteiger partial charge in [0.25, 0.3) is 0 Å². The predicted molar refractivity (Wildman–Crippen MR) is 80.8 cm³/mol. The van der Waals surface area contributed by atoms with Crippen LogP contribution in [0.4, 0.5) is 4.39 Å². The van der Waals surface area contributed by atoms with Gasteiger partial charge in [-0.3, -0.25) is 0 Å². The number of benzene rings is 2. The van der Waals surface area contributed by atoms with Gasteiger partial charge in [-0.1, -0.05) is 47.1 Å². The third-order valence-corrected chi connectivity index (χ3v) is 3.89. The highest BCUT2D eigenvalue weighted by molar-refractivity contribution is 9.10. The topological polar surface area (TPSA) is 12.0 Å². The van der Waals surface area contributed by atoms with Crippen LogP contribution in [0.15, 0.2) is 46.9 Å². The zero-order chi connectivity index (χ0) is 13.8. The molecule has 1 N–H and O–H groups in total. The maximum Gasteiger partial charge on any atom is 0.123 e. The lowest BCUT2D eigenvalue weighted by atomic mass is 9.95. The molecule has 0 heterocycles. The van der Waals surface area contributed by atoms with Crippen molar-refractivity contribution in [3.8, 4) is 0 Å². The summed E-state index contributed by atoms with van der Waals surface area (Å²) < 4.78 is 14.3. The van der Waals surface area contributed by atoms with Crippen LogP contribution in [0.1, 0.15) is 29.7 Å². The van der Waals surface area contributed by atoms with Crippen LogP contribution in [-0.4, -0.2) is 6.54 Å². The third kappa shape index (κ3) is 3.23. The number of nitrogens with one attached hydrogen (secondary N) is 1. The number of rotatable bonds is 4. The third-order valence-electron chi connectivity index (χ3n) is 3.17. The fraction of sp³-hybridized carbons (Fsp3) is 0.250. The fourth-order valence-electron chi connectivity index (χ4n) is 2.26. The predicted octanol–water partition coefficient (Wildman–Crippen LogP) is 4.60. The fourth-order valence-corrected chi connectivity index (χ4v) is 2.78. The average Bonchev–Trinajstić information content (AvgIpc) is 2.38. The second-order valence-electron chi connectivity index (χ2n) is 4.51. The number of hydrogen-bond donors (Lipinski definition) is 1. The molecule has 0 amide bonds. The molecule has 0 saturated carbocycles. The molecule has 19 heavy (non-hydrogen) atoms. The van der Waals surface area contributed by atoms with Gasteiger partial charge in [0.2, 0.25) is 0 Å². The minimum atomic E-state index is -0.191. The van der Waals surface area contributed by atoms with Crippen LogP contribution < -0.4 is 5.32 Å². The molecule has 0 spiro atoms. The quantitative estimate of drug-likeness (QED) is 0.868. The van der Waals surface area contributed by atoms with Gasteiger partial charge in [0.05, 0.1) is 6.04 Å². The molecule has 2 aromatic rings. The highest BCUT2D eigenvalue weighted by Crippen LogP contribution is 2.30. The Labute approximate surface area is 122 Å². The van der Waals surface area contributed by atoms with Crippen LogP contribution in [0.5, 0.6) is 0 Å². The van der Waals surface area contributed by atoms with Crippen molar-refractivity contribution in [1.29, 1.82) is 0 Å². The normalized spacial score (nSPS) is 12.4. The Morgan fingerprint density at radius 2 is 1.89 bits per heavy atom. The van der Waals surface area contributed by atoms with Crippen molar-refractivity contribution < 1.29 is 4.39 Å². The lowest BCUT2D eigenvalue weighted by Crippen LogP contribution is -2.23. The highest BCUT2D eigenvalue weighted by atomic mass is 79.9. The Hall–Kier alpha value is -1.19. The van der Waals surface area contributed by atoms with Crippen LogP contribution in [0, 0.1) is 12.7 Å². The molecule has 1 nitrogen and oxygen atoms in total. The number of hydrogen-bond acceptors (Lipinski definition) is 1. The first kappa shape index (κ1) is 14.2. The van der Waals surface area contributed by atoms with Crippen LogP contribution in [0.3, 0.4) is 0 Å². The van der Waals surface area contributed by atoms with Crippen molar-refractivity contribution in [1.82, 2.24) is 5.32 Å². The van der Waals surface area contributed by atoms with Crippen LogP contribution in [0.25, 0.3) is 0 Å². The molecule has 2 aromatic carbocycles. The van der Waals surface area contributed by atoms with E-state index in [-0.39, 0.29) is 11.9 Å². The van der Waals surface area contributed by atoms with Crippen molar-refractivity contribution >= 4 is 15.9 Å². The molecule has 1 unspecified atom stereocenters. The molecule has 2 rings (SSSR count). The first-order chi connectivity index (χ1) is 9.13. The summed E-state index contributed by atoms with van der Waals surface area (Å²) in [5, 5.41) is 3.46. The Balaban J connectivity index is 2.48. The van der Waals surface area contributed by atoms with Gasteiger partial charge in [0.15, 0.2) is 0 Å². The molecule has 0 aliphatic rings. The lowest BCUT2D eigenvalue weighted by Gasteiger charge is -2.22. The van der Waals surface area contributed by atoms with Gasteiger partial charge in [-0.2, -0.15) is 0 Å². The summed E-state index contributed by atoms with van der Waals surface area (Å²) in [6.07, 6.45) is 0. The molecule has 0 bridgehead atoms. The summed E-state index contributed by atoms with van der Waals surface area (Å²) in [6.45, 7) is 4.87. The zero-order valence-corrected chi connectivity index (χ0v) is 12.7. The Kier molecular flexibility index (Phi) is 4.72. The van der Waals surface area contributed by atoms with Crippen molar-refractivity contribution in [2.45, 2.75) is 19.9 Å². The van der Waals surface area contributed by atoms with Gasteiger partial charge < -0.3 is 5.32 Å². The summed E-state index contributed by atoms with van der Waals surface area (Å²) in [5.74, 6) is -0.191. The summed E-state index contributed by atoms with van der Waals surface area (Å²) in [4.78, 5) is 0. The number of aryl methyl sites for hydroxylation is 1. The molecule has 0 aliphatic carbocycles. The molecular weight excluding hydrogens is 305 g/mol. The van der Waals surface area contributed by atoms with Gasteiger partial charge in [0, 0.05) is 4.47 Å². The smallest absolute Gasteiger partial charge is 0.123 e. The molecule has 0 radical (unpaired) electrons. The van der Waals surface area contributed by atoms with E-state index in [0.29, 0.717) is 0 Å². The van der Waals surface area contributed by atoms with E-state index in [1.807, 2.05) is 31.2 Å². The largest absolute Gasteiger partial charge is 0.306 e. The monoisotopic (exact) mass is 321 g/mol. The van der Waals surface area contributed by atoms with Crippen LogP contribution in [-0.2, 0) is 0 Å². The number of halogens is 2. The first-order valence-corrected chi connectivity index (χ1v) is 7.16. The van der Waals surface area contributed by atoms with E-state index in [9.17, 15) is 4.39 Å². The van der Waals surface area contributed by atoms with Crippen molar-refractivity contribution in [3.05, 3.63) is 69.4 Å². The molecule has 3 heteroatoms. The molecule has 100 valence electrons. The lowest BCUT2D eigenvalue weighted by molar-refractivity contribution is 0.609.